The number of aliphatic carboxylic acids is 1. The molecule has 0 radical (unpaired) electrons. The molecule has 6 heteroatoms. The molecule has 0 bridgehead atoms. The number of hydrogen-bond donors (Lipinski definition) is 1. The third kappa shape index (κ3) is 4.63. The molecule has 122 valence electrons. The van der Waals surface area contributed by atoms with Gasteiger partial charge in [0.15, 0.2) is 0 Å². The maximum absolute atomic E-state index is 12.3. The van der Waals surface area contributed by atoms with Gasteiger partial charge in [-0.05, 0) is 12.5 Å². The van der Waals surface area contributed by atoms with Crippen molar-refractivity contribution >= 4 is 23.2 Å². The number of rotatable bonds is 6. The Morgan fingerprint density at radius 2 is 1.96 bits per heavy atom. The quantitative estimate of drug-likeness (QED) is 0.883. The van der Waals surface area contributed by atoms with E-state index in [1.807, 2.05) is 6.92 Å². The van der Waals surface area contributed by atoms with Crippen molar-refractivity contribution in [2.75, 3.05) is 13.6 Å². The molecule has 0 saturated carbocycles. The highest BCUT2D eigenvalue weighted by atomic mass is 32.1. The number of aryl methyl sites for hydroxylation is 1. The molecule has 0 aliphatic heterocycles. The summed E-state index contributed by atoms with van der Waals surface area (Å²) in [5.41, 5.74) is 2.73. The summed E-state index contributed by atoms with van der Waals surface area (Å²) in [5, 5.41) is 11.5. The molecule has 1 heterocycles. The first-order valence-electron chi connectivity index (χ1n) is 7.35. The van der Waals surface area contributed by atoms with Gasteiger partial charge in [0.1, 0.15) is 5.69 Å². The van der Waals surface area contributed by atoms with E-state index in [0.717, 1.165) is 10.6 Å². The van der Waals surface area contributed by atoms with Gasteiger partial charge in [0.2, 0.25) is 0 Å². The molecule has 0 spiro atoms. The first kappa shape index (κ1) is 17.1. The van der Waals surface area contributed by atoms with Crippen LogP contribution in [0.1, 0.15) is 33.5 Å². The molecule has 0 aliphatic carbocycles. The lowest BCUT2D eigenvalue weighted by Crippen LogP contribution is -2.33. The van der Waals surface area contributed by atoms with Crippen LogP contribution in [0.4, 0.5) is 0 Å². The molecule has 1 unspecified atom stereocenters. The van der Waals surface area contributed by atoms with Gasteiger partial charge in [0.25, 0.3) is 5.91 Å². The maximum atomic E-state index is 12.3. The Kier molecular flexibility index (Phi) is 5.50. The minimum Gasteiger partial charge on any atom is -0.481 e. The van der Waals surface area contributed by atoms with E-state index in [4.69, 9.17) is 5.11 Å². The Hall–Kier alpha value is -2.21. The van der Waals surface area contributed by atoms with Gasteiger partial charge in [-0.2, -0.15) is 0 Å². The third-order valence-electron chi connectivity index (χ3n) is 3.56. The van der Waals surface area contributed by atoms with E-state index in [0.29, 0.717) is 12.1 Å². The molecule has 1 atom stereocenters. The number of thiazole rings is 1. The van der Waals surface area contributed by atoms with Crippen LogP contribution in [0.15, 0.2) is 29.6 Å². The molecule has 1 aromatic heterocycles. The first-order valence-corrected chi connectivity index (χ1v) is 8.23. The van der Waals surface area contributed by atoms with Crippen LogP contribution in [0.3, 0.4) is 0 Å². The highest BCUT2D eigenvalue weighted by molar-refractivity contribution is 7.09. The molecule has 5 nitrogen and oxygen atoms in total. The van der Waals surface area contributed by atoms with Gasteiger partial charge in [-0.15, -0.1) is 11.3 Å². The molecule has 0 saturated heterocycles. The van der Waals surface area contributed by atoms with Crippen molar-refractivity contribution < 1.29 is 14.7 Å². The molecule has 1 amide bonds. The van der Waals surface area contributed by atoms with Gasteiger partial charge in [0, 0.05) is 25.4 Å². The lowest BCUT2D eigenvalue weighted by Gasteiger charge is -2.18. The standard InChI is InChI=1S/C17H20N2O3S/c1-11-4-6-13(7-5-11)8-15-18-14(10-23-15)16(20)19(3)9-12(2)17(21)22/h4-7,10,12H,8-9H2,1-3H3,(H,21,22). The summed E-state index contributed by atoms with van der Waals surface area (Å²) in [4.78, 5) is 29.0. The Balaban J connectivity index is 2.01. The van der Waals surface area contributed by atoms with Crippen molar-refractivity contribution in [1.82, 2.24) is 9.88 Å². The molecular formula is C17H20N2O3S. The zero-order chi connectivity index (χ0) is 17.0. The van der Waals surface area contributed by atoms with Gasteiger partial charge < -0.3 is 10.0 Å². The normalized spacial score (nSPS) is 12.0. The average Bonchev–Trinajstić information content (AvgIpc) is 2.97. The zero-order valence-corrected chi connectivity index (χ0v) is 14.3. The number of benzene rings is 1. The minimum atomic E-state index is -0.914. The van der Waals surface area contributed by atoms with Crippen molar-refractivity contribution in [3.63, 3.8) is 0 Å². The molecule has 23 heavy (non-hydrogen) atoms. The van der Waals surface area contributed by atoms with Crippen molar-refractivity contribution in [3.8, 4) is 0 Å². The topological polar surface area (TPSA) is 70.5 Å². The number of hydrogen-bond acceptors (Lipinski definition) is 4. The molecule has 2 rings (SSSR count). The van der Waals surface area contributed by atoms with E-state index in [1.165, 1.54) is 21.8 Å². The van der Waals surface area contributed by atoms with Crippen LogP contribution in [0.25, 0.3) is 0 Å². The smallest absolute Gasteiger partial charge is 0.308 e. The average molecular weight is 332 g/mol. The van der Waals surface area contributed by atoms with Crippen LogP contribution >= 0.6 is 11.3 Å². The van der Waals surface area contributed by atoms with Crippen LogP contribution in [-0.4, -0.2) is 40.5 Å². The summed E-state index contributed by atoms with van der Waals surface area (Å²) >= 11 is 1.44. The highest BCUT2D eigenvalue weighted by Gasteiger charge is 2.20. The van der Waals surface area contributed by atoms with Gasteiger partial charge in [-0.25, -0.2) is 4.98 Å². The lowest BCUT2D eigenvalue weighted by atomic mass is 10.1. The second-order valence-electron chi connectivity index (χ2n) is 5.71. The van der Waals surface area contributed by atoms with E-state index in [2.05, 4.69) is 29.2 Å². The van der Waals surface area contributed by atoms with Crippen molar-refractivity contribution in [3.05, 3.63) is 51.5 Å². The van der Waals surface area contributed by atoms with Crippen LogP contribution in [0.5, 0.6) is 0 Å². The maximum Gasteiger partial charge on any atom is 0.308 e. The minimum absolute atomic E-state index is 0.166. The second-order valence-corrected chi connectivity index (χ2v) is 6.66. The summed E-state index contributed by atoms with van der Waals surface area (Å²) in [7, 11) is 1.60. The van der Waals surface area contributed by atoms with E-state index >= 15 is 0 Å². The van der Waals surface area contributed by atoms with E-state index in [9.17, 15) is 9.59 Å². The van der Waals surface area contributed by atoms with Crippen molar-refractivity contribution in [2.45, 2.75) is 20.3 Å². The molecular weight excluding hydrogens is 312 g/mol. The van der Waals surface area contributed by atoms with Crippen molar-refractivity contribution in [1.29, 1.82) is 0 Å². The number of aromatic nitrogens is 1. The summed E-state index contributed by atoms with van der Waals surface area (Å²) < 4.78 is 0. The molecule has 2 aromatic rings. The summed E-state index contributed by atoms with van der Waals surface area (Å²) in [5.74, 6) is -1.76. The Morgan fingerprint density at radius 3 is 2.57 bits per heavy atom. The fourth-order valence-electron chi connectivity index (χ4n) is 2.14. The van der Waals surface area contributed by atoms with Crippen molar-refractivity contribution in [2.24, 2.45) is 5.92 Å². The Bertz CT molecular complexity index is 694. The van der Waals surface area contributed by atoms with E-state index in [-0.39, 0.29) is 12.5 Å². The second kappa shape index (κ2) is 7.37. The lowest BCUT2D eigenvalue weighted by molar-refractivity contribution is -0.141. The number of nitrogens with zero attached hydrogens (tertiary/aromatic N) is 2. The number of carboxylic acids is 1. The van der Waals surface area contributed by atoms with Crippen LogP contribution in [-0.2, 0) is 11.2 Å². The van der Waals surface area contributed by atoms with Gasteiger partial charge >= 0.3 is 5.97 Å². The van der Waals surface area contributed by atoms with Crippen LogP contribution < -0.4 is 0 Å². The molecule has 1 N–H and O–H groups in total. The number of carbonyl (C=O) groups is 2. The predicted molar refractivity (Wildman–Crippen MR) is 89.9 cm³/mol. The first-order chi connectivity index (χ1) is 10.9. The van der Waals surface area contributed by atoms with Gasteiger partial charge in [-0.1, -0.05) is 36.8 Å². The number of carbonyl (C=O) groups excluding carboxylic acids is 1. The number of carboxylic acid groups (broad SMARTS) is 1. The Morgan fingerprint density at radius 1 is 1.30 bits per heavy atom. The summed E-state index contributed by atoms with van der Waals surface area (Å²) in [6.45, 7) is 3.78. The van der Waals surface area contributed by atoms with Crippen LogP contribution in [0.2, 0.25) is 0 Å². The van der Waals surface area contributed by atoms with Gasteiger partial charge in [-0.3, -0.25) is 9.59 Å². The monoisotopic (exact) mass is 332 g/mol. The summed E-state index contributed by atoms with van der Waals surface area (Å²) in [6, 6.07) is 8.21. The fourth-order valence-corrected chi connectivity index (χ4v) is 2.94. The van der Waals surface area contributed by atoms with Crippen LogP contribution in [0, 0.1) is 12.8 Å². The molecule has 0 aliphatic rings. The molecule has 0 fully saturated rings. The van der Waals surface area contributed by atoms with E-state index < -0.39 is 11.9 Å². The van der Waals surface area contributed by atoms with E-state index in [1.54, 1.807) is 19.4 Å². The molecule has 1 aromatic carbocycles. The highest BCUT2D eigenvalue weighted by Crippen LogP contribution is 2.16. The Labute approximate surface area is 139 Å². The largest absolute Gasteiger partial charge is 0.481 e. The SMILES string of the molecule is Cc1ccc(Cc2nc(C(=O)N(C)CC(C)C(=O)O)cs2)cc1. The summed E-state index contributed by atoms with van der Waals surface area (Å²) in [6.07, 6.45) is 0.688. The van der Waals surface area contributed by atoms with Gasteiger partial charge in [0.05, 0.1) is 10.9 Å². The number of amides is 1. The zero-order valence-electron chi connectivity index (χ0n) is 13.4. The fraction of sp³-hybridized carbons (Fsp3) is 0.353. The third-order valence-corrected chi connectivity index (χ3v) is 4.41. The predicted octanol–water partition coefficient (Wildman–Crippen LogP) is 2.84.